The summed E-state index contributed by atoms with van der Waals surface area (Å²) >= 11 is 5.88. The lowest BCUT2D eigenvalue weighted by Gasteiger charge is -2.32. The highest BCUT2D eigenvalue weighted by Crippen LogP contribution is 2.24. The maximum absolute atomic E-state index is 11.3. The lowest BCUT2D eigenvalue weighted by Crippen LogP contribution is -2.44. The first-order valence-electron chi connectivity index (χ1n) is 5.30. The molecule has 0 fully saturated rings. The van der Waals surface area contributed by atoms with E-state index in [1.807, 2.05) is 13.8 Å². The van der Waals surface area contributed by atoms with E-state index in [1.165, 1.54) is 6.20 Å². The minimum Gasteiger partial charge on any atom is -0.376 e. The van der Waals surface area contributed by atoms with Gasteiger partial charge in [-0.25, -0.2) is 5.10 Å². The molecule has 1 aromatic rings. The zero-order valence-electron chi connectivity index (χ0n) is 9.51. The first-order chi connectivity index (χ1) is 7.58. The third kappa shape index (κ3) is 2.54. The summed E-state index contributed by atoms with van der Waals surface area (Å²) in [5.74, 6) is 0. The molecule has 0 unspecified atom stereocenters. The summed E-state index contributed by atoms with van der Waals surface area (Å²) in [4.78, 5) is 11.3. The normalized spacial score (nSPS) is 11.5. The summed E-state index contributed by atoms with van der Waals surface area (Å²) < 4.78 is 0. The van der Waals surface area contributed by atoms with Gasteiger partial charge in [-0.05, 0) is 12.8 Å². The fraction of sp³-hybridized carbons (Fsp3) is 0.600. The van der Waals surface area contributed by atoms with Crippen molar-refractivity contribution in [3.63, 3.8) is 0 Å². The van der Waals surface area contributed by atoms with Crippen molar-refractivity contribution in [1.29, 1.82) is 0 Å². The predicted octanol–water partition coefficient (Wildman–Crippen LogP) is 1.35. The zero-order valence-corrected chi connectivity index (χ0v) is 10.3. The molecule has 16 heavy (non-hydrogen) atoms. The van der Waals surface area contributed by atoms with Gasteiger partial charge < -0.3 is 11.1 Å². The van der Waals surface area contributed by atoms with Crippen molar-refractivity contribution in [2.24, 2.45) is 5.73 Å². The molecule has 6 heteroatoms. The van der Waals surface area contributed by atoms with Gasteiger partial charge in [0.25, 0.3) is 5.56 Å². The molecule has 5 nitrogen and oxygen atoms in total. The zero-order chi connectivity index (χ0) is 12.2. The van der Waals surface area contributed by atoms with Crippen LogP contribution >= 0.6 is 11.6 Å². The SMILES string of the molecule is CCC(CC)(CN)Nc1cn[nH]c(=O)c1Cl. The Hall–Kier alpha value is -1.07. The number of nitrogens with two attached hydrogens (primary N) is 1. The third-order valence-electron chi connectivity index (χ3n) is 2.94. The average Bonchev–Trinajstić information content (AvgIpc) is 2.32. The van der Waals surface area contributed by atoms with Crippen molar-refractivity contribution in [3.05, 3.63) is 21.6 Å². The Morgan fingerprint density at radius 1 is 1.56 bits per heavy atom. The van der Waals surface area contributed by atoms with Gasteiger partial charge in [0, 0.05) is 12.1 Å². The third-order valence-corrected chi connectivity index (χ3v) is 3.31. The van der Waals surface area contributed by atoms with Crippen LogP contribution in [0.5, 0.6) is 0 Å². The van der Waals surface area contributed by atoms with Gasteiger partial charge in [0.15, 0.2) is 0 Å². The van der Waals surface area contributed by atoms with Crippen molar-refractivity contribution in [2.45, 2.75) is 32.2 Å². The van der Waals surface area contributed by atoms with E-state index in [1.54, 1.807) is 0 Å². The summed E-state index contributed by atoms with van der Waals surface area (Å²) in [6.07, 6.45) is 3.20. The van der Waals surface area contributed by atoms with Crippen LogP contribution in [0.4, 0.5) is 5.69 Å². The van der Waals surface area contributed by atoms with Gasteiger partial charge in [-0.15, -0.1) is 0 Å². The Morgan fingerprint density at radius 3 is 2.69 bits per heavy atom. The van der Waals surface area contributed by atoms with Gasteiger partial charge >= 0.3 is 0 Å². The van der Waals surface area contributed by atoms with Gasteiger partial charge in [0.2, 0.25) is 0 Å². The lowest BCUT2D eigenvalue weighted by atomic mass is 9.93. The number of hydrogen-bond acceptors (Lipinski definition) is 4. The Morgan fingerprint density at radius 2 is 2.19 bits per heavy atom. The van der Waals surface area contributed by atoms with E-state index >= 15 is 0 Å². The summed E-state index contributed by atoms with van der Waals surface area (Å²) in [6.45, 7) is 4.55. The molecule has 90 valence electrons. The summed E-state index contributed by atoms with van der Waals surface area (Å²) in [5, 5.41) is 9.31. The van der Waals surface area contributed by atoms with Crippen molar-refractivity contribution in [3.8, 4) is 0 Å². The van der Waals surface area contributed by atoms with Crippen LogP contribution in [0, 0.1) is 0 Å². The van der Waals surface area contributed by atoms with Gasteiger partial charge in [-0.1, -0.05) is 25.4 Å². The van der Waals surface area contributed by atoms with Crippen LogP contribution in [-0.4, -0.2) is 22.3 Å². The topological polar surface area (TPSA) is 83.8 Å². The fourth-order valence-corrected chi connectivity index (χ4v) is 1.66. The van der Waals surface area contributed by atoms with Crippen LogP contribution in [-0.2, 0) is 0 Å². The Kier molecular flexibility index (Phi) is 4.32. The molecule has 0 atom stereocenters. The van der Waals surface area contributed by atoms with E-state index in [-0.39, 0.29) is 10.6 Å². The number of nitrogens with zero attached hydrogens (tertiary/aromatic N) is 1. The maximum Gasteiger partial charge on any atom is 0.285 e. The largest absolute Gasteiger partial charge is 0.376 e. The smallest absolute Gasteiger partial charge is 0.285 e. The van der Waals surface area contributed by atoms with Crippen LogP contribution in [0.15, 0.2) is 11.0 Å². The first kappa shape index (κ1) is 13.0. The van der Waals surface area contributed by atoms with Crippen molar-refractivity contribution in [1.82, 2.24) is 10.2 Å². The molecule has 1 rings (SSSR count). The van der Waals surface area contributed by atoms with E-state index < -0.39 is 5.56 Å². The molecular weight excluding hydrogens is 228 g/mol. The quantitative estimate of drug-likeness (QED) is 0.730. The Balaban J connectivity index is 3.03. The number of H-pyrrole nitrogens is 1. The molecule has 0 radical (unpaired) electrons. The highest BCUT2D eigenvalue weighted by atomic mass is 35.5. The number of anilines is 1. The molecule has 0 amide bonds. The van der Waals surface area contributed by atoms with E-state index in [9.17, 15) is 4.79 Å². The fourth-order valence-electron chi connectivity index (χ4n) is 1.52. The van der Waals surface area contributed by atoms with Crippen LogP contribution in [0.3, 0.4) is 0 Å². The Labute approximate surface area is 99.4 Å². The molecule has 0 aliphatic carbocycles. The minimum absolute atomic E-state index is 0.120. The van der Waals surface area contributed by atoms with Crippen LogP contribution < -0.4 is 16.6 Å². The molecule has 4 N–H and O–H groups in total. The molecule has 1 aromatic heterocycles. The molecule has 0 saturated carbocycles. The Bertz CT molecular complexity index is 392. The second-order valence-corrected chi connectivity index (χ2v) is 4.12. The van der Waals surface area contributed by atoms with Gasteiger partial charge in [0.05, 0.1) is 11.9 Å². The van der Waals surface area contributed by atoms with Crippen molar-refractivity contribution in [2.75, 3.05) is 11.9 Å². The highest BCUT2D eigenvalue weighted by molar-refractivity contribution is 6.32. The maximum atomic E-state index is 11.3. The molecule has 0 spiro atoms. The second-order valence-electron chi connectivity index (χ2n) is 3.74. The molecule has 0 bridgehead atoms. The van der Waals surface area contributed by atoms with Crippen LogP contribution in [0.25, 0.3) is 0 Å². The molecule has 0 aromatic carbocycles. The van der Waals surface area contributed by atoms with E-state index in [2.05, 4.69) is 15.5 Å². The highest BCUT2D eigenvalue weighted by Gasteiger charge is 2.25. The number of nitrogens with one attached hydrogen (secondary N) is 2. The number of rotatable bonds is 5. The number of hydrogen-bond donors (Lipinski definition) is 3. The summed E-state index contributed by atoms with van der Waals surface area (Å²) in [6, 6.07) is 0. The molecule has 0 saturated heterocycles. The number of halogens is 1. The monoisotopic (exact) mass is 244 g/mol. The van der Waals surface area contributed by atoms with E-state index in [4.69, 9.17) is 17.3 Å². The second kappa shape index (κ2) is 5.32. The average molecular weight is 245 g/mol. The summed E-state index contributed by atoms with van der Waals surface area (Å²) in [7, 11) is 0. The van der Waals surface area contributed by atoms with E-state index in [0.29, 0.717) is 12.2 Å². The predicted molar refractivity (Wildman–Crippen MR) is 65.9 cm³/mol. The number of aromatic amines is 1. The van der Waals surface area contributed by atoms with Gasteiger partial charge in [-0.2, -0.15) is 5.10 Å². The molecule has 1 heterocycles. The van der Waals surface area contributed by atoms with Crippen molar-refractivity contribution >= 4 is 17.3 Å². The summed E-state index contributed by atoms with van der Waals surface area (Å²) in [5.41, 5.74) is 5.64. The van der Waals surface area contributed by atoms with Crippen molar-refractivity contribution < 1.29 is 0 Å². The number of aromatic nitrogens is 2. The minimum atomic E-state index is -0.398. The van der Waals surface area contributed by atoms with Gasteiger partial charge in [0.1, 0.15) is 5.02 Å². The van der Waals surface area contributed by atoms with Gasteiger partial charge in [-0.3, -0.25) is 4.79 Å². The molecular formula is C10H17ClN4O. The standard InChI is InChI=1S/C10H17ClN4O/c1-3-10(4-2,6-12)14-7-5-13-15-9(16)8(7)11/h5H,3-4,6,12H2,1-2H3,(H2,14,15,16). The lowest BCUT2D eigenvalue weighted by molar-refractivity contribution is 0.445. The van der Waals surface area contributed by atoms with Crippen LogP contribution in [0.1, 0.15) is 26.7 Å². The molecule has 0 aliphatic heterocycles. The van der Waals surface area contributed by atoms with Crippen LogP contribution in [0.2, 0.25) is 5.02 Å². The van der Waals surface area contributed by atoms with E-state index in [0.717, 1.165) is 12.8 Å². The molecule has 0 aliphatic rings. The first-order valence-corrected chi connectivity index (χ1v) is 5.67.